The van der Waals surface area contributed by atoms with E-state index in [0.29, 0.717) is 6.07 Å². The lowest BCUT2D eigenvalue weighted by Crippen LogP contribution is -2.40. The Labute approximate surface area is 88.8 Å². The Bertz CT molecular complexity index is 403. The largest absolute Gasteiger partial charge is 0.458 e. The van der Waals surface area contributed by atoms with Gasteiger partial charge in [-0.3, -0.25) is 5.21 Å². The first-order chi connectivity index (χ1) is 7.38. The van der Waals surface area contributed by atoms with E-state index in [1.807, 2.05) is 0 Å². The predicted octanol–water partition coefficient (Wildman–Crippen LogP) is 1.41. The molecule has 0 unspecified atom stereocenters. The van der Waals surface area contributed by atoms with E-state index in [1.54, 1.807) is 0 Å². The van der Waals surface area contributed by atoms with Crippen molar-refractivity contribution in [3.63, 3.8) is 0 Å². The van der Waals surface area contributed by atoms with Crippen LogP contribution in [0.2, 0.25) is 0 Å². The standard InChI is InChI=1S/C9H9F3NO3/c1-2-16-8(14)7-6(9(10,11)12)4-3-5-13(7)15/h3-5,15H,2H2,1H3/q+1. The fraction of sp³-hybridized carbons (Fsp3) is 0.333. The van der Waals surface area contributed by atoms with E-state index in [-0.39, 0.29) is 11.3 Å². The summed E-state index contributed by atoms with van der Waals surface area (Å²) >= 11 is 0. The summed E-state index contributed by atoms with van der Waals surface area (Å²) in [6.45, 7) is 1.38. The van der Waals surface area contributed by atoms with Gasteiger partial charge in [-0.25, -0.2) is 4.79 Å². The normalized spacial score (nSPS) is 11.2. The molecule has 1 N–H and O–H groups in total. The zero-order valence-electron chi connectivity index (χ0n) is 8.28. The van der Waals surface area contributed by atoms with Crippen LogP contribution in [0, 0.1) is 0 Å². The van der Waals surface area contributed by atoms with Gasteiger partial charge in [-0.15, -0.1) is 0 Å². The molecule has 1 aromatic heterocycles. The molecule has 88 valence electrons. The third-order valence-corrected chi connectivity index (χ3v) is 1.75. The number of ether oxygens (including phenoxy) is 1. The first-order valence-corrected chi connectivity index (χ1v) is 4.36. The van der Waals surface area contributed by atoms with Gasteiger partial charge < -0.3 is 4.74 Å². The van der Waals surface area contributed by atoms with E-state index in [2.05, 4.69) is 4.74 Å². The highest BCUT2D eigenvalue weighted by molar-refractivity contribution is 5.87. The van der Waals surface area contributed by atoms with Gasteiger partial charge in [0.15, 0.2) is 0 Å². The van der Waals surface area contributed by atoms with Gasteiger partial charge in [0.05, 0.1) is 6.61 Å². The van der Waals surface area contributed by atoms with Gasteiger partial charge in [0.25, 0.3) is 0 Å². The summed E-state index contributed by atoms with van der Waals surface area (Å²) < 4.78 is 42.0. The summed E-state index contributed by atoms with van der Waals surface area (Å²) in [6, 6.07) is 1.67. The Balaban J connectivity index is 3.30. The number of aromatic nitrogens is 1. The lowest BCUT2D eigenvalue weighted by atomic mass is 10.2. The minimum atomic E-state index is -4.73. The van der Waals surface area contributed by atoms with Gasteiger partial charge in [-0.05, 0) is 13.0 Å². The van der Waals surface area contributed by atoms with Crippen molar-refractivity contribution in [3.8, 4) is 0 Å². The third-order valence-electron chi connectivity index (χ3n) is 1.75. The highest BCUT2D eigenvalue weighted by Gasteiger charge is 2.42. The topological polar surface area (TPSA) is 50.4 Å². The number of hydrogen-bond acceptors (Lipinski definition) is 3. The van der Waals surface area contributed by atoms with E-state index in [4.69, 9.17) is 5.21 Å². The number of nitrogens with zero attached hydrogens (tertiary/aromatic N) is 1. The van der Waals surface area contributed by atoms with Crippen LogP contribution in [0.4, 0.5) is 13.2 Å². The molecular formula is C9H9F3NO3+. The summed E-state index contributed by atoms with van der Waals surface area (Å²) in [5, 5.41) is 9.17. The smallest absolute Gasteiger partial charge is 0.423 e. The van der Waals surface area contributed by atoms with Gasteiger partial charge in [-0.1, -0.05) is 0 Å². The molecule has 0 radical (unpaired) electrons. The molecule has 0 fully saturated rings. The Hall–Kier alpha value is -1.79. The summed E-state index contributed by atoms with van der Waals surface area (Å²) in [5.41, 5.74) is -2.17. The fourth-order valence-electron chi connectivity index (χ4n) is 1.13. The van der Waals surface area contributed by atoms with E-state index < -0.39 is 23.4 Å². The molecule has 1 heterocycles. The second-order valence-corrected chi connectivity index (χ2v) is 2.83. The number of carbonyl (C=O) groups excluding carboxylic acids is 1. The first-order valence-electron chi connectivity index (χ1n) is 4.36. The number of halogens is 3. The second-order valence-electron chi connectivity index (χ2n) is 2.83. The lowest BCUT2D eigenvalue weighted by molar-refractivity contribution is -0.906. The SMILES string of the molecule is CCOC(=O)c1c(C(F)(F)F)ccc[n+]1O. The Kier molecular flexibility index (Phi) is 3.36. The highest BCUT2D eigenvalue weighted by Crippen LogP contribution is 2.30. The molecule has 0 aliphatic heterocycles. The number of hydrogen-bond donors (Lipinski definition) is 1. The van der Waals surface area contributed by atoms with Crippen molar-refractivity contribution in [1.29, 1.82) is 0 Å². The molecular weight excluding hydrogens is 227 g/mol. The van der Waals surface area contributed by atoms with Crippen molar-refractivity contribution >= 4 is 5.97 Å². The molecule has 0 aliphatic rings. The van der Waals surface area contributed by atoms with E-state index in [0.717, 1.165) is 12.3 Å². The van der Waals surface area contributed by atoms with Crippen molar-refractivity contribution in [2.75, 3.05) is 6.61 Å². The zero-order chi connectivity index (χ0) is 12.3. The van der Waals surface area contributed by atoms with Crippen LogP contribution in [0.5, 0.6) is 0 Å². The lowest BCUT2D eigenvalue weighted by Gasteiger charge is -2.07. The zero-order valence-corrected chi connectivity index (χ0v) is 8.28. The minimum Gasteiger partial charge on any atom is -0.458 e. The Morgan fingerprint density at radius 2 is 2.19 bits per heavy atom. The molecule has 0 atom stereocenters. The molecule has 16 heavy (non-hydrogen) atoms. The second kappa shape index (κ2) is 4.38. The first kappa shape index (κ1) is 12.3. The van der Waals surface area contributed by atoms with Gasteiger partial charge in [-0.2, -0.15) is 13.2 Å². The molecule has 4 nitrogen and oxygen atoms in total. The summed E-state index contributed by atoms with van der Waals surface area (Å²) in [6.07, 6.45) is -3.81. The maximum Gasteiger partial charge on any atom is 0.423 e. The number of alkyl halides is 3. The molecule has 0 aromatic carbocycles. The fourth-order valence-corrected chi connectivity index (χ4v) is 1.13. The Morgan fingerprint density at radius 3 is 2.69 bits per heavy atom. The van der Waals surface area contributed by atoms with Crippen molar-refractivity contribution in [2.24, 2.45) is 0 Å². The van der Waals surface area contributed by atoms with E-state index in [1.165, 1.54) is 6.92 Å². The molecule has 7 heteroatoms. The molecule has 0 saturated carbocycles. The number of esters is 1. The van der Waals surface area contributed by atoms with Crippen LogP contribution in [0.1, 0.15) is 23.0 Å². The summed E-state index contributed by atoms with van der Waals surface area (Å²) in [7, 11) is 0. The average Bonchev–Trinajstić information content (AvgIpc) is 2.16. The molecule has 0 amide bonds. The molecule has 1 aromatic rings. The van der Waals surface area contributed by atoms with Gasteiger partial charge in [0.2, 0.25) is 6.20 Å². The summed E-state index contributed by atoms with van der Waals surface area (Å²) in [4.78, 5) is 11.2. The van der Waals surface area contributed by atoms with Crippen molar-refractivity contribution < 1.29 is 32.6 Å². The van der Waals surface area contributed by atoms with Crippen molar-refractivity contribution in [3.05, 3.63) is 29.6 Å². The van der Waals surface area contributed by atoms with Crippen LogP contribution in [0.25, 0.3) is 0 Å². The van der Waals surface area contributed by atoms with E-state index >= 15 is 0 Å². The van der Waals surface area contributed by atoms with Gasteiger partial charge >= 0.3 is 17.8 Å². The van der Waals surface area contributed by atoms with Crippen LogP contribution in [-0.2, 0) is 10.9 Å². The Morgan fingerprint density at radius 1 is 1.56 bits per heavy atom. The minimum absolute atomic E-state index is 0.0783. The van der Waals surface area contributed by atoms with Crippen LogP contribution in [0.15, 0.2) is 18.3 Å². The van der Waals surface area contributed by atoms with Gasteiger partial charge in [0.1, 0.15) is 5.56 Å². The molecule has 0 aliphatic carbocycles. The van der Waals surface area contributed by atoms with Crippen molar-refractivity contribution in [2.45, 2.75) is 13.1 Å². The third kappa shape index (κ3) is 2.41. The van der Waals surface area contributed by atoms with Crippen LogP contribution < -0.4 is 4.73 Å². The highest BCUT2D eigenvalue weighted by atomic mass is 19.4. The molecule has 0 saturated heterocycles. The quantitative estimate of drug-likeness (QED) is 0.480. The predicted molar refractivity (Wildman–Crippen MR) is 44.8 cm³/mol. The molecule has 0 bridgehead atoms. The monoisotopic (exact) mass is 236 g/mol. The molecule has 0 spiro atoms. The number of rotatable bonds is 2. The van der Waals surface area contributed by atoms with E-state index in [9.17, 15) is 18.0 Å². The van der Waals surface area contributed by atoms with Crippen molar-refractivity contribution in [1.82, 2.24) is 0 Å². The average molecular weight is 236 g/mol. The maximum atomic E-state index is 12.5. The number of pyridine rings is 1. The number of carbonyl (C=O) groups is 1. The molecule has 1 rings (SSSR count). The maximum absolute atomic E-state index is 12.5. The van der Waals surface area contributed by atoms with Crippen LogP contribution >= 0.6 is 0 Å². The van der Waals surface area contributed by atoms with Crippen LogP contribution in [0.3, 0.4) is 0 Å². The van der Waals surface area contributed by atoms with Gasteiger partial charge in [0, 0.05) is 10.8 Å². The van der Waals surface area contributed by atoms with Crippen LogP contribution in [-0.4, -0.2) is 17.8 Å². The summed E-state index contributed by atoms with van der Waals surface area (Å²) in [5.74, 6) is -1.22.